The summed E-state index contributed by atoms with van der Waals surface area (Å²) in [6.07, 6.45) is 1.68. The van der Waals surface area contributed by atoms with Gasteiger partial charge in [-0.3, -0.25) is 0 Å². The minimum atomic E-state index is -3.62. The van der Waals surface area contributed by atoms with E-state index in [0.717, 1.165) is 17.1 Å². The van der Waals surface area contributed by atoms with E-state index in [-0.39, 0.29) is 16.6 Å². The molecule has 1 aliphatic heterocycles. The molecule has 1 saturated heterocycles. The van der Waals surface area contributed by atoms with Crippen LogP contribution in [0.15, 0.2) is 59.6 Å². The van der Waals surface area contributed by atoms with Crippen LogP contribution in [0.1, 0.15) is 18.7 Å². The summed E-state index contributed by atoms with van der Waals surface area (Å²) in [4.78, 5) is 7.77. The maximum Gasteiger partial charge on any atom is 0.246 e. The number of benzene rings is 2. The number of H-pyrrole nitrogens is 1. The number of imidazole rings is 1. The van der Waals surface area contributed by atoms with Gasteiger partial charge >= 0.3 is 0 Å². The predicted molar refractivity (Wildman–Crippen MR) is 103 cm³/mol. The van der Waals surface area contributed by atoms with Crippen LogP contribution in [0, 0.1) is 5.82 Å². The lowest BCUT2D eigenvalue weighted by Gasteiger charge is -2.37. The van der Waals surface area contributed by atoms with E-state index in [4.69, 9.17) is 4.74 Å². The molecular weight excluding hydrogens is 381 g/mol. The van der Waals surface area contributed by atoms with Crippen LogP contribution in [0.25, 0.3) is 11.3 Å². The number of para-hydroxylation sites is 1. The van der Waals surface area contributed by atoms with E-state index >= 15 is 0 Å². The minimum absolute atomic E-state index is 0.0109. The molecular formula is C20H20FN3O3S. The highest BCUT2D eigenvalue weighted by Crippen LogP contribution is 2.34. The molecule has 0 amide bonds. The average molecular weight is 401 g/mol. The Morgan fingerprint density at radius 1 is 1.18 bits per heavy atom. The summed E-state index contributed by atoms with van der Waals surface area (Å²) in [5, 5.41) is 0. The molecule has 6 nitrogen and oxygen atoms in total. The normalized spacial score (nSPS) is 15.4. The number of nitrogens with one attached hydrogen (secondary N) is 1. The van der Waals surface area contributed by atoms with Gasteiger partial charge in [-0.25, -0.2) is 17.8 Å². The number of ether oxygens (including phenoxy) is 1. The number of rotatable bonds is 6. The SMILES string of the molecule is CCOc1ccccc1S(=O)(=O)N1CC(c2ncc(-c3ccc(F)cc3)[nH]2)C1. The van der Waals surface area contributed by atoms with Crippen molar-refractivity contribution in [1.82, 2.24) is 14.3 Å². The Morgan fingerprint density at radius 2 is 1.89 bits per heavy atom. The molecule has 146 valence electrons. The van der Waals surface area contributed by atoms with Crippen molar-refractivity contribution in [2.24, 2.45) is 0 Å². The zero-order valence-electron chi connectivity index (χ0n) is 15.3. The number of aromatic amines is 1. The van der Waals surface area contributed by atoms with Crippen molar-refractivity contribution in [1.29, 1.82) is 0 Å². The third kappa shape index (κ3) is 3.41. The molecule has 0 radical (unpaired) electrons. The first kappa shape index (κ1) is 18.6. The predicted octanol–water partition coefficient (Wildman–Crippen LogP) is 3.40. The lowest BCUT2D eigenvalue weighted by atomic mass is 10.0. The molecule has 2 heterocycles. The first-order valence-corrected chi connectivity index (χ1v) is 10.5. The van der Waals surface area contributed by atoms with Crippen molar-refractivity contribution in [3.8, 4) is 17.0 Å². The van der Waals surface area contributed by atoms with Gasteiger partial charge in [0.1, 0.15) is 22.3 Å². The van der Waals surface area contributed by atoms with Crippen LogP contribution in [-0.4, -0.2) is 42.4 Å². The lowest BCUT2D eigenvalue weighted by Crippen LogP contribution is -2.48. The fraction of sp³-hybridized carbons (Fsp3) is 0.250. The Morgan fingerprint density at radius 3 is 2.61 bits per heavy atom. The molecule has 8 heteroatoms. The van der Waals surface area contributed by atoms with Crippen LogP contribution >= 0.6 is 0 Å². The fourth-order valence-electron chi connectivity index (χ4n) is 3.20. The van der Waals surface area contributed by atoms with E-state index in [0.29, 0.717) is 25.4 Å². The number of aromatic nitrogens is 2. The lowest BCUT2D eigenvalue weighted by molar-refractivity contribution is 0.255. The van der Waals surface area contributed by atoms with Crippen LogP contribution < -0.4 is 4.74 Å². The molecule has 28 heavy (non-hydrogen) atoms. The number of hydrogen-bond donors (Lipinski definition) is 1. The monoisotopic (exact) mass is 401 g/mol. The second kappa shape index (κ2) is 7.37. The standard InChI is InChI=1S/C20H20FN3O3S/c1-2-27-18-5-3-4-6-19(18)28(25,26)24-12-15(13-24)20-22-11-17(23-20)14-7-9-16(21)10-8-14/h3-11,15H,2,12-13H2,1H3,(H,22,23). The van der Waals surface area contributed by atoms with Gasteiger partial charge in [0, 0.05) is 19.0 Å². The smallest absolute Gasteiger partial charge is 0.246 e. The van der Waals surface area contributed by atoms with Crippen LogP contribution in [0.2, 0.25) is 0 Å². The molecule has 3 aromatic rings. The molecule has 1 N–H and O–H groups in total. The Hall–Kier alpha value is -2.71. The second-order valence-corrected chi connectivity index (χ2v) is 8.49. The topological polar surface area (TPSA) is 75.3 Å². The molecule has 0 bridgehead atoms. The molecule has 4 rings (SSSR count). The number of nitrogens with zero attached hydrogens (tertiary/aromatic N) is 2. The maximum absolute atomic E-state index is 13.1. The highest BCUT2D eigenvalue weighted by Gasteiger charge is 2.40. The van der Waals surface area contributed by atoms with E-state index in [1.807, 2.05) is 6.92 Å². The number of halogens is 1. The summed E-state index contributed by atoms with van der Waals surface area (Å²) < 4.78 is 45.8. The summed E-state index contributed by atoms with van der Waals surface area (Å²) in [5.74, 6) is 0.785. The summed E-state index contributed by atoms with van der Waals surface area (Å²) in [6.45, 7) is 2.91. The van der Waals surface area contributed by atoms with Gasteiger partial charge in [-0.15, -0.1) is 0 Å². The van der Waals surface area contributed by atoms with Crippen LogP contribution in [0.3, 0.4) is 0 Å². The average Bonchev–Trinajstić information content (AvgIpc) is 3.11. The van der Waals surface area contributed by atoms with Crippen molar-refractivity contribution in [3.05, 3.63) is 66.4 Å². The summed E-state index contributed by atoms with van der Waals surface area (Å²) in [7, 11) is -3.62. The van der Waals surface area contributed by atoms with Gasteiger partial charge in [-0.2, -0.15) is 4.31 Å². The molecule has 0 atom stereocenters. The molecule has 0 aliphatic carbocycles. The minimum Gasteiger partial charge on any atom is -0.492 e. The van der Waals surface area contributed by atoms with Crippen molar-refractivity contribution in [2.75, 3.05) is 19.7 Å². The number of sulfonamides is 1. The van der Waals surface area contributed by atoms with Gasteiger partial charge in [0.25, 0.3) is 0 Å². The fourth-order valence-corrected chi connectivity index (χ4v) is 4.87. The van der Waals surface area contributed by atoms with E-state index < -0.39 is 10.0 Å². The third-order valence-corrected chi connectivity index (χ3v) is 6.62. The molecule has 1 aromatic heterocycles. The molecule has 2 aromatic carbocycles. The van der Waals surface area contributed by atoms with Crippen molar-refractivity contribution >= 4 is 10.0 Å². The summed E-state index contributed by atoms with van der Waals surface area (Å²) in [6, 6.07) is 12.8. The van der Waals surface area contributed by atoms with E-state index in [1.165, 1.54) is 16.4 Å². The van der Waals surface area contributed by atoms with E-state index in [2.05, 4.69) is 9.97 Å². The number of hydrogen-bond acceptors (Lipinski definition) is 4. The molecule has 1 aliphatic rings. The van der Waals surface area contributed by atoms with Gasteiger partial charge in [0.05, 0.1) is 18.5 Å². The van der Waals surface area contributed by atoms with Crippen molar-refractivity contribution in [3.63, 3.8) is 0 Å². The first-order valence-electron chi connectivity index (χ1n) is 9.02. The maximum atomic E-state index is 13.1. The van der Waals surface area contributed by atoms with Gasteiger partial charge in [-0.05, 0) is 48.9 Å². The Bertz CT molecular complexity index is 1070. The second-order valence-electron chi connectivity index (χ2n) is 6.59. The van der Waals surface area contributed by atoms with Crippen LogP contribution in [0.5, 0.6) is 5.75 Å². The Labute approximate surface area is 163 Å². The quantitative estimate of drug-likeness (QED) is 0.687. The third-order valence-electron chi connectivity index (χ3n) is 4.75. The van der Waals surface area contributed by atoms with E-state index in [9.17, 15) is 12.8 Å². The zero-order valence-corrected chi connectivity index (χ0v) is 16.1. The van der Waals surface area contributed by atoms with E-state index in [1.54, 1.807) is 42.6 Å². The largest absolute Gasteiger partial charge is 0.492 e. The molecule has 0 spiro atoms. The highest BCUT2D eigenvalue weighted by atomic mass is 32.2. The van der Waals surface area contributed by atoms with Crippen molar-refractivity contribution < 1.29 is 17.5 Å². The molecule has 0 unspecified atom stereocenters. The van der Waals surface area contributed by atoms with Gasteiger partial charge in [-0.1, -0.05) is 12.1 Å². The van der Waals surface area contributed by atoms with Crippen LogP contribution in [0.4, 0.5) is 4.39 Å². The molecule has 0 saturated carbocycles. The van der Waals surface area contributed by atoms with Crippen LogP contribution in [-0.2, 0) is 10.0 Å². The van der Waals surface area contributed by atoms with Crippen molar-refractivity contribution in [2.45, 2.75) is 17.7 Å². The zero-order chi connectivity index (χ0) is 19.7. The van der Waals surface area contributed by atoms with Gasteiger partial charge < -0.3 is 9.72 Å². The highest BCUT2D eigenvalue weighted by molar-refractivity contribution is 7.89. The first-order chi connectivity index (χ1) is 13.5. The van der Waals surface area contributed by atoms with Gasteiger partial charge in [0.15, 0.2) is 0 Å². The summed E-state index contributed by atoms with van der Waals surface area (Å²) in [5.41, 5.74) is 1.60. The molecule has 1 fully saturated rings. The Kier molecular flexibility index (Phi) is 4.91. The van der Waals surface area contributed by atoms with Gasteiger partial charge in [0.2, 0.25) is 10.0 Å². The summed E-state index contributed by atoms with van der Waals surface area (Å²) >= 11 is 0. The Balaban J connectivity index is 1.48.